The second-order valence-electron chi connectivity index (χ2n) is 3.14. The van der Waals surface area contributed by atoms with Gasteiger partial charge in [-0.05, 0) is 12.1 Å². The summed E-state index contributed by atoms with van der Waals surface area (Å²) in [6, 6.07) is 3.41. The summed E-state index contributed by atoms with van der Waals surface area (Å²) in [7, 11) is 0. The zero-order chi connectivity index (χ0) is 12.8. The average molecular weight is 242 g/mol. The van der Waals surface area contributed by atoms with Gasteiger partial charge in [0, 0.05) is 13.0 Å². The van der Waals surface area contributed by atoms with E-state index >= 15 is 0 Å². The lowest BCUT2D eigenvalue weighted by molar-refractivity contribution is -0.141. The van der Waals surface area contributed by atoms with Crippen LogP contribution in [0.4, 0.5) is 4.39 Å². The number of aromatic carboxylic acids is 1. The maximum atomic E-state index is 13.2. The van der Waals surface area contributed by atoms with Crippen molar-refractivity contribution in [1.82, 2.24) is 0 Å². The average Bonchev–Trinajstić information content (AvgIpc) is 2.23. The highest BCUT2D eigenvalue weighted by Crippen LogP contribution is 2.16. The molecule has 0 saturated heterocycles. The molecule has 0 amide bonds. The molecule has 0 aliphatic carbocycles. The molecule has 0 saturated carbocycles. The number of carboxylic acid groups (broad SMARTS) is 1. The van der Waals surface area contributed by atoms with Crippen LogP contribution in [-0.2, 0) is 9.53 Å². The molecule has 6 heteroatoms. The first-order valence-corrected chi connectivity index (χ1v) is 4.79. The fourth-order valence-electron chi connectivity index (χ4n) is 1.10. The Bertz CT molecular complexity index is 430. The number of esters is 1. The van der Waals surface area contributed by atoms with E-state index in [1.807, 2.05) is 0 Å². The third kappa shape index (κ3) is 4.10. The first-order valence-electron chi connectivity index (χ1n) is 4.79. The summed E-state index contributed by atoms with van der Waals surface area (Å²) in [5, 5.41) is 8.59. The van der Waals surface area contributed by atoms with Crippen molar-refractivity contribution >= 4 is 11.9 Å². The quantitative estimate of drug-likeness (QED) is 0.625. The molecule has 0 aliphatic heterocycles. The van der Waals surface area contributed by atoms with Crippen molar-refractivity contribution in [2.24, 2.45) is 0 Å². The predicted octanol–water partition coefficient (Wildman–Crippen LogP) is 1.47. The van der Waals surface area contributed by atoms with Gasteiger partial charge in [0.05, 0.1) is 5.56 Å². The summed E-state index contributed by atoms with van der Waals surface area (Å²) in [6.45, 7) is 1.39. The highest BCUT2D eigenvalue weighted by atomic mass is 19.1. The Hall–Kier alpha value is -2.11. The SMILES string of the molecule is CC(=O)OCCOc1ccc(C(=O)O)c(F)c1. The zero-order valence-corrected chi connectivity index (χ0v) is 9.10. The summed E-state index contributed by atoms with van der Waals surface area (Å²) >= 11 is 0. The van der Waals surface area contributed by atoms with Crippen molar-refractivity contribution in [2.45, 2.75) is 6.92 Å². The molecule has 0 aliphatic rings. The molecular weight excluding hydrogens is 231 g/mol. The van der Waals surface area contributed by atoms with Crippen LogP contribution >= 0.6 is 0 Å². The molecule has 5 nitrogen and oxygen atoms in total. The Labute approximate surface area is 96.8 Å². The molecule has 0 atom stereocenters. The third-order valence-corrected chi connectivity index (χ3v) is 1.83. The van der Waals surface area contributed by atoms with Crippen molar-refractivity contribution < 1.29 is 28.6 Å². The smallest absolute Gasteiger partial charge is 0.338 e. The van der Waals surface area contributed by atoms with Gasteiger partial charge in [-0.15, -0.1) is 0 Å². The van der Waals surface area contributed by atoms with Crippen molar-refractivity contribution in [3.63, 3.8) is 0 Å². The lowest BCUT2D eigenvalue weighted by Gasteiger charge is -2.07. The van der Waals surface area contributed by atoms with Crippen LogP contribution in [-0.4, -0.2) is 30.3 Å². The van der Waals surface area contributed by atoms with Crippen LogP contribution in [0.5, 0.6) is 5.75 Å². The molecule has 0 spiro atoms. The van der Waals surface area contributed by atoms with E-state index in [9.17, 15) is 14.0 Å². The minimum atomic E-state index is -1.34. The van der Waals surface area contributed by atoms with E-state index in [1.165, 1.54) is 13.0 Å². The topological polar surface area (TPSA) is 72.8 Å². The highest BCUT2D eigenvalue weighted by molar-refractivity contribution is 5.88. The van der Waals surface area contributed by atoms with Gasteiger partial charge in [-0.25, -0.2) is 9.18 Å². The molecule has 0 aromatic heterocycles. The van der Waals surface area contributed by atoms with Crippen LogP contribution in [0.3, 0.4) is 0 Å². The number of hydrogen-bond acceptors (Lipinski definition) is 4. The lowest BCUT2D eigenvalue weighted by atomic mass is 10.2. The van der Waals surface area contributed by atoms with Gasteiger partial charge in [-0.1, -0.05) is 0 Å². The molecule has 1 aromatic carbocycles. The zero-order valence-electron chi connectivity index (χ0n) is 9.10. The molecule has 92 valence electrons. The fourth-order valence-corrected chi connectivity index (χ4v) is 1.10. The number of carbonyl (C=O) groups excluding carboxylic acids is 1. The second-order valence-corrected chi connectivity index (χ2v) is 3.14. The van der Waals surface area contributed by atoms with Gasteiger partial charge in [-0.3, -0.25) is 4.79 Å². The largest absolute Gasteiger partial charge is 0.490 e. The number of rotatable bonds is 5. The predicted molar refractivity (Wildman–Crippen MR) is 55.5 cm³/mol. The molecule has 0 radical (unpaired) electrons. The Morgan fingerprint density at radius 1 is 1.35 bits per heavy atom. The normalized spacial score (nSPS) is 9.76. The van der Waals surface area contributed by atoms with E-state index in [4.69, 9.17) is 9.84 Å². The number of benzene rings is 1. The number of halogens is 1. The summed E-state index contributed by atoms with van der Waals surface area (Å²) in [6.07, 6.45) is 0. The first-order chi connectivity index (χ1) is 8.00. The number of carbonyl (C=O) groups is 2. The van der Waals surface area contributed by atoms with E-state index < -0.39 is 23.3 Å². The molecule has 17 heavy (non-hydrogen) atoms. The van der Waals surface area contributed by atoms with E-state index in [2.05, 4.69) is 4.74 Å². The molecule has 0 heterocycles. The van der Waals surface area contributed by atoms with Crippen LogP contribution in [0.2, 0.25) is 0 Å². The van der Waals surface area contributed by atoms with Gasteiger partial charge in [0.15, 0.2) is 0 Å². The molecule has 1 aromatic rings. The third-order valence-electron chi connectivity index (χ3n) is 1.83. The van der Waals surface area contributed by atoms with Crippen molar-refractivity contribution in [2.75, 3.05) is 13.2 Å². The standard InChI is InChI=1S/C11H11FO5/c1-7(13)16-4-5-17-8-2-3-9(11(14)15)10(12)6-8/h2-3,6H,4-5H2,1H3,(H,14,15). The Morgan fingerprint density at radius 2 is 2.06 bits per heavy atom. The van der Waals surface area contributed by atoms with Crippen LogP contribution in [0, 0.1) is 5.82 Å². The van der Waals surface area contributed by atoms with E-state index in [-0.39, 0.29) is 19.0 Å². The molecule has 0 bridgehead atoms. The molecule has 1 rings (SSSR count). The van der Waals surface area contributed by atoms with Crippen LogP contribution in [0.25, 0.3) is 0 Å². The maximum absolute atomic E-state index is 13.2. The second kappa shape index (κ2) is 5.83. The van der Waals surface area contributed by atoms with Gasteiger partial charge in [-0.2, -0.15) is 0 Å². The first kappa shape index (κ1) is 13.0. The van der Waals surface area contributed by atoms with Gasteiger partial charge in [0.1, 0.15) is 24.8 Å². The Morgan fingerprint density at radius 3 is 2.59 bits per heavy atom. The molecule has 0 unspecified atom stereocenters. The fraction of sp³-hybridized carbons (Fsp3) is 0.273. The molecule has 1 N–H and O–H groups in total. The van der Waals surface area contributed by atoms with Crippen LogP contribution in [0.15, 0.2) is 18.2 Å². The summed E-state index contributed by atoms with van der Waals surface area (Å²) in [4.78, 5) is 21.0. The van der Waals surface area contributed by atoms with Gasteiger partial charge in [0.2, 0.25) is 0 Å². The van der Waals surface area contributed by atoms with E-state index in [0.717, 1.165) is 12.1 Å². The maximum Gasteiger partial charge on any atom is 0.338 e. The van der Waals surface area contributed by atoms with Gasteiger partial charge < -0.3 is 14.6 Å². The number of carboxylic acids is 1. The summed E-state index contributed by atoms with van der Waals surface area (Å²) in [5.74, 6) is -2.46. The van der Waals surface area contributed by atoms with E-state index in [1.54, 1.807) is 0 Å². The summed E-state index contributed by atoms with van der Waals surface area (Å²) < 4.78 is 22.9. The highest BCUT2D eigenvalue weighted by Gasteiger charge is 2.10. The van der Waals surface area contributed by atoms with Gasteiger partial charge in [0.25, 0.3) is 0 Å². The Kier molecular flexibility index (Phi) is 4.45. The van der Waals surface area contributed by atoms with Gasteiger partial charge >= 0.3 is 11.9 Å². The minimum Gasteiger partial charge on any atom is -0.490 e. The molecule has 0 fully saturated rings. The van der Waals surface area contributed by atoms with E-state index in [0.29, 0.717) is 0 Å². The summed E-state index contributed by atoms with van der Waals surface area (Å²) in [5.41, 5.74) is -0.419. The van der Waals surface area contributed by atoms with Crippen LogP contribution in [0.1, 0.15) is 17.3 Å². The Balaban J connectivity index is 2.53. The molecular formula is C11H11FO5. The minimum absolute atomic E-state index is 0.0532. The lowest BCUT2D eigenvalue weighted by Crippen LogP contribution is -2.10. The monoisotopic (exact) mass is 242 g/mol. The van der Waals surface area contributed by atoms with Crippen molar-refractivity contribution in [3.05, 3.63) is 29.6 Å². The number of hydrogen-bond donors (Lipinski definition) is 1. The van der Waals surface area contributed by atoms with Crippen molar-refractivity contribution in [3.8, 4) is 5.75 Å². The number of ether oxygens (including phenoxy) is 2. The van der Waals surface area contributed by atoms with Crippen LogP contribution < -0.4 is 4.74 Å². The van der Waals surface area contributed by atoms with Crippen molar-refractivity contribution in [1.29, 1.82) is 0 Å².